The molecule has 0 aliphatic heterocycles. The Morgan fingerprint density at radius 3 is 2.00 bits per heavy atom. The maximum absolute atomic E-state index is 6.70. The van der Waals surface area contributed by atoms with Gasteiger partial charge in [-0.25, -0.2) is 0 Å². The zero-order valence-corrected chi connectivity index (χ0v) is 5.96. The minimum atomic E-state index is 0.577. The average molecular weight is 122 g/mol. The summed E-state index contributed by atoms with van der Waals surface area (Å²) in [6.07, 6.45) is 0. The Balaban J connectivity index is 2.85. The van der Waals surface area contributed by atoms with Crippen LogP contribution in [0.2, 0.25) is 0 Å². The van der Waals surface area contributed by atoms with Gasteiger partial charge in [-0.3, -0.25) is 0 Å². The second kappa shape index (κ2) is 3.23. The number of rotatable bonds is 1. The van der Waals surface area contributed by atoms with E-state index < -0.39 is 0 Å². The first-order valence-corrected chi connectivity index (χ1v) is 4.46. The molecule has 0 N–H and O–H groups in total. The molecule has 0 rings (SSSR count). The molecule has 0 aliphatic rings. The largest absolute Gasteiger partial charge is 0.110 e. The standard InChI is InChI=1S/C2H5P3/c1-2(3)5-4/h5H,3-4H2. The van der Waals surface area contributed by atoms with Crippen molar-refractivity contribution in [3.05, 3.63) is 11.6 Å². The number of hydrogen-bond donors (Lipinski definition) is 0. The third kappa shape index (κ3) is 5.03. The Kier molecular flexibility index (Phi) is 3.89. The highest BCUT2D eigenvalue weighted by molar-refractivity contribution is 8.07. The first-order chi connectivity index (χ1) is 2.27. The monoisotopic (exact) mass is 122 g/mol. The van der Waals surface area contributed by atoms with Gasteiger partial charge in [-0.05, 0) is 11.6 Å². The summed E-state index contributed by atoms with van der Waals surface area (Å²) in [5, 5.41) is 0.662. The molecular weight excluding hydrogens is 117 g/mol. The van der Waals surface area contributed by atoms with Gasteiger partial charge in [0, 0.05) is 0 Å². The Bertz CT molecular complexity index is 40.2. The van der Waals surface area contributed by atoms with Crippen molar-refractivity contribution < 1.29 is 0 Å². The fourth-order valence-electron chi connectivity index (χ4n) is 0. The van der Waals surface area contributed by atoms with E-state index in [9.17, 15) is 0 Å². The van der Waals surface area contributed by atoms with Gasteiger partial charge in [-0.15, -0.1) is 18.2 Å². The maximum atomic E-state index is 6.70. The molecule has 0 aliphatic carbocycles. The van der Waals surface area contributed by atoms with Crippen LogP contribution in [-0.4, -0.2) is 0 Å². The zero-order chi connectivity index (χ0) is 4.28. The average Bonchev–Trinajstić information content (AvgIpc) is 1.38. The topological polar surface area (TPSA) is 0 Å². The Labute approximate surface area is 38.9 Å². The summed E-state index contributed by atoms with van der Waals surface area (Å²) in [4.78, 5) is 0. The summed E-state index contributed by atoms with van der Waals surface area (Å²) >= 11 is 0. The van der Waals surface area contributed by atoms with Crippen molar-refractivity contribution in [2.45, 2.75) is 0 Å². The Hall–Kier alpha value is 1.03. The summed E-state index contributed by atoms with van der Waals surface area (Å²) in [6.45, 7) is 6.70. The van der Waals surface area contributed by atoms with Crippen molar-refractivity contribution in [1.29, 1.82) is 0 Å². The van der Waals surface area contributed by atoms with Crippen molar-refractivity contribution in [3.63, 3.8) is 0 Å². The van der Waals surface area contributed by atoms with Crippen LogP contribution in [0.4, 0.5) is 0 Å². The SMILES string of the molecule is [C]=C(P)PP. The van der Waals surface area contributed by atoms with E-state index >= 15 is 0 Å². The van der Waals surface area contributed by atoms with Crippen molar-refractivity contribution in [1.82, 2.24) is 0 Å². The van der Waals surface area contributed by atoms with Crippen molar-refractivity contribution in [2.75, 3.05) is 0 Å². The van der Waals surface area contributed by atoms with Gasteiger partial charge in [0.15, 0.2) is 0 Å². The van der Waals surface area contributed by atoms with Gasteiger partial charge >= 0.3 is 0 Å². The van der Waals surface area contributed by atoms with Crippen LogP contribution in [0.15, 0.2) is 5.06 Å². The number of hydrogen-bond acceptors (Lipinski definition) is 0. The van der Waals surface area contributed by atoms with Crippen LogP contribution in [0.3, 0.4) is 0 Å². The molecule has 3 unspecified atom stereocenters. The lowest BCUT2D eigenvalue weighted by Crippen LogP contribution is -1.28. The van der Waals surface area contributed by atoms with E-state index in [2.05, 4.69) is 18.2 Å². The highest BCUT2D eigenvalue weighted by Crippen LogP contribution is 2.33. The molecule has 5 heavy (non-hydrogen) atoms. The second-order valence-corrected chi connectivity index (χ2v) is 3.41. The molecule has 0 aromatic carbocycles. The van der Waals surface area contributed by atoms with Gasteiger partial charge in [-0.2, -0.15) is 0 Å². The third-order valence-electron chi connectivity index (χ3n) is 0.156. The smallest absolute Gasteiger partial charge is 0.000832 e. The molecule has 3 heteroatoms. The van der Waals surface area contributed by atoms with Gasteiger partial charge in [-0.1, -0.05) is 8.27 Å². The van der Waals surface area contributed by atoms with Crippen LogP contribution < -0.4 is 0 Å². The fourth-order valence-corrected chi connectivity index (χ4v) is 0. The molecule has 0 nitrogen and oxygen atoms in total. The first kappa shape index (κ1) is 6.03. The quantitative estimate of drug-likeness (QED) is 0.462. The molecule has 3 atom stereocenters. The molecule has 0 spiro atoms. The molecule has 0 saturated heterocycles. The predicted octanol–water partition coefficient (Wildman–Crippen LogP) is 1.48. The normalized spacial score (nSPS) is 10.0. The highest BCUT2D eigenvalue weighted by atomic mass is 32.0. The Morgan fingerprint density at radius 2 is 2.00 bits per heavy atom. The van der Waals surface area contributed by atoms with Gasteiger partial charge in [0.05, 0.1) is 0 Å². The molecule has 0 aromatic heterocycles. The summed E-state index contributed by atoms with van der Waals surface area (Å²) in [6, 6.07) is 0. The van der Waals surface area contributed by atoms with Gasteiger partial charge in [0.25, 0.3) is 0 Å². The molecule has 0 heterocycles. The molecule has 0 bridgehead atoms. The third-order valence-corrected chi connectivity index (χ3v) is 2.90. The van der Waals surface area contributed by atoms with E-state index in [1.165, 1.54) is 0 Å². The lowest BCUT2D eigenvalue weighted by molar-refractivity contribution is 2.44. The van der Waals surface area contributed by atoms with E-state index in [1.54, 1.807) is 0 Å². The summed E-state index contributed by atoms with van der Waals surface area (Å²) < 4.78 is 0. The van der Waals surface area contributed by atoms with Crippen LogP contribution >= 0.6 is 26.4 Å². The van der Waals surface area contributed by atoms with E-state index in [-0.39, 0.29) is 0 Å². The molecule has 0 fully saturated rings. The van der Waals surface area contributed by atoms with Crippen LogP contribution in [0, 0.1) is 6.58 Å². The van der Waals surface area contributed by atoms with E-state index in [4.69, 9.17) is 6.58 Å². The lowest BCUT2D eigenvalue weighted by atomic mass is 11.3. The van der Waals surface area contributed by atoms with Crippen LogP contribution in [0.1, 0.15) is 0 Å². The highest BCUT2D eigenvalue weighted by Gasteiger charge is 1.68. The van der Waals surface area contributed by atoms with Crippen LogP contribution in [-0.2, 0) is 0 Å². The molecular formula is C2H5P3. The Morgan fingerprint density at radius 1 is 1.80 bits per heavy atom. The minimum absolute atomic E-state index is 0.577. The first-order valence-electron chi connectivity index (χ1n) is 1.08. The van der Waals surface area contributed by atoms with Crippen molar-refractivity contribution in [2.24, 2.45) is 0 Å². The molecule has 2 radical (unpaired) electrons. The van der Waals surface area contributed by atoms with Crippen LogP contribution in [0.5, 0.6) is 0 Å². The van der Waals surface area contributed by atoms with Crippen LogP contribution in [0.25, 0.3) is 0 Å². The summed E-state index contributed by atoms with van der Waals surface area (Å²) in [5.41, 5.74) is 0. The second-order valence-electron chi connectivity index (χ2n) is 0.558. The van der Waals surface area contributed by atoms with Gasteiger partial charge < -0.3 is 0 Å². The minimum Gasteiger partial charge on any atom is -0.110 e. The van der Waals surface area contributed by atoms with E-state index in [0.717, 1.165) is 0 Å². The summed E-state index contributed by atoms with van der Waals surface area (Å²) in [7, 11) is 5.36. The fraction of sp³-hybridized carbons (Fsp3) is 0. The zero-order valence-electron chi connectivity index (χ0n) is 2.65. The lowest BCUT2D eigenvalue weighted by Gasteiger charge is -1.79. The summed E-state index contributed by atoms with van der Waals surface area (Å²) in [5.74, 6) is 0. The van der Waals surface area contributed by atoms with Crippen molar-refractivity contribution >= 4 is 26.4 Å². The molecule has 0 aromatic rings. The molecule has 28 valence electrons. The molecule has 0 amide bonds. The predicted molar refractivity (Wildman–Crippen MR) is 34.5 cm³/mol. The van der Waals surface area contributed by atoms with E-state index in [0.29, 0.717) is 13.3 Å². The maximum Gasteiger partial charge on any atom is -0.000832 e. The van der Waals surface area contributed by atoms with Gasteiger partial charge in [0.2, 0.25) is 0 Å². The molecule has 0 saturated carbocycles. The van der Waals surface area contributed by atoms with E-state index in [1.807, 2.05) is 0 Å². The van der Waals surface area contributed by atoms with Crippen molar-refractivity contribution in [3.8, 4) is 0 Å². The van der Waals surface area contributed by atoms with Gasteiger partial charge in [0.1, 0.15) is 0 Å².